The van der Waals surface area contributed by atoms with Gasteiger partial charge >= 0.3 is 0 Å². The zero-order chi connectivity index (χ0) is 15.9. The number of guanidine groups is 1. The highest BCUT2D eigenvalue weighted by Crippen LogP contribution is 2.21. The second-order valence-electron chi connectivity index (χ2n) is 5.30. The molecule has 1 aromatic carbocycles. The summed E-state index contributed by atoms with van der Waals surface area (Å²) in [6.07, 6.45) is 1.16. The van der Waals surface area contributed by atoms with Gasteiger partial charge in [0.25, 0.3) is 0 Å². The molecule has 23 heavy (non-hydrogen) atoms. The van der Waals surface area contributed by atoms with Crippen molar-refractivity contribution in [3.8, 4) is 5.75 Å². The van der Waals surface area contributed by atoms with E-state index in [1.165, 1.54) is 12.1 Å². The van der Waals surface area contributed by atoms with Gasteiger partial charge in [0.15, 0.2) is 17.5 Å². The average Bonchev–Trinajstić information content (AvgIpc) is 2.54. The Morgan fingerprint density at radius 2 is 2.26 bits per heavy atom. The summed E-state index contributed by atoms with van der Waals surface area (Å²) < 4.78 is 13.4. The molecule has 1 fully saturated rings. The van der Waals surface area contributed by atoms with Crippen molar-refractivity contribution in [2.45, 2.75) is 32.1 Å². The van der Waals surface area contributed by atoms with Crippen LogP contribution in [0, 0.1) is 5.82 Å². The van der Waals surface area contributed by atoms with E-state index in [2.05, 4.69) is 22.1 Å². The molecule has 2 N–H and O–H groups in total. The van der Waals surface area contributed by atoms with Crippen molar-refractivity contribution >= 4 is 41.7 Å². The van der Waals surface area contributed by atoms with E-state index < -0.39 is 5.82 Å². The molecule has 2 rings (SSSR count). The molecule has 1 aliphatic heterocycles. The number of thioether (sulfide) groups is 1. The molecule has 0 saturated carbocycles. The molecule has 1 heterocycles. The zero-order valence-electron chi connectivity index (χ0n) is 13.6. The van der Waals surface area contributed by atoms with E-state index in [0.717, 1.165) is 43.3 Å². The van der Waals surface area contributed by atoms with Crippen LogP contribution in [0.2, 0.25) is 0 Å². The fourth-order valence-electron chi connectivity index (χ4n) is 2.40. The van der Waals surface area contributed by atoms with Crippen molar-refractivity contribution in [2.24, 2.45) is 4.99 Å². The standard InChI is InChI=1S/C16H24FN3OS.HI/c1-3-13-11-20(7-8-22-13)16(18-4-2)19-10-12-5-6-15(21)14(17)9-12;/h5-6,9,13,21H,3-4,7-8,10-11H2,1-2H3,(H,18,19);1H. The lowest BCUT2D eigenvalue weighted by Gasteiger charge is -2.34. The normalized spacial score (nSPS) is 18.5. The highest BCUT2D eigenvalue weighted by Gasteiger charge is 2.21. The van der Waals surface area contributed by atoms with Gasteiger partial charge in [0, 0.05) is 30.6 Å². The number of hydrogen-bond donors (Lipinski definition) is 2. The van der Waals surface area contributed by atoms with Gasteiger partial charge in [0.05, 0.1) is 6.54 Å². The van der Waals surface area contributed by atoms with Gasteiger partial charge in [-0.15, -0.1) is 24.0 Å². The van der Waals surface area contributed by atoms with Gasteiger partial charge in [-0.3, -0.25) is 0 Å². The fraction of sp³-hybridized carbons (Fsp3) is 0.562. The smallest absolute Gasteiger partial charge is 0.194 e. The lowest BCUT2D eigenvalue weighted by Crippen LogP contribution is -2.48. The van der Waals surface area contributed by atoms with E-state index in [4.69, 9.17) is 0 Å². The summed E-state index contributed by atoms with van der Waals surface area (Å²) in [6.45, 7) is 7.45. The minimum atomic E-state index is -0.599. The number of aromatic hydroxyl groups is 1. The van der Waals surface area contributed by atoms with Crippen LogP contribution in [-0.2, 0) is 6.54 Å². The van der Waals surface area contributed by atoms with Crippen molar-refractivity contribution in [1.82, 2.24) is 10.2 Å². The number of nitrogens with one attached hydrogen (secondary N) is 1. The maximum Gasteiger partial charge on any atom is 0.194 e. The van der Waals surface area contributed by atoms with E-state index in [0.29, 0.717) is 11.8 Å². The summed E-state index contributed by atoms with van der Waals surface area (Å²) in [7, 11) is 0. The molecule has 1 atom stereocenters. The van der Waals surface area contributed by atoms with Crippen molar-refractivity contribution in [3.63, 3.8) is 0 Å². The third-order valence-electron chi connectivity index (χ3n) is 3.65. The Hall–Kier alpha value is -0.700. The van der Waals surface area contributed by atoms with Crippen LogP contribution in [0.4, 0.5) is 4.39 Å². The first-order chi connectivity index (χ1) is 10.6. The average molecular weight is 453 g/mol. The molecule has 0 aromatic heterocycles. The molecule has 0 amide bonds. The molecule has 1 aromatic rings. The van der Waals surface area contributed by atoms with Crippen LogP contribution < -0.4 is 5.32 Å². The molecule has 1 aliphatic rings. The van der Waals surface area contributed by atoms with Gasteiger partial charge < -0.3 is 15.3 Å². The lowest BCUT2D eigenvalue weighted by molar-refractivity contribution is 0.408. The van der Waals surface area contributed by atoms with Gasteiger partial charge in [0.2, 0.25) is 0 Å². The van der Waals surface area contributed by atoms with E-state index >= 15 is 0 Å². The van der Waals surface area contributed by atoms with Gasteiger partial charge in [-0.05, 0) is 31.0 Å². The fourth-order valence-corrected chi connectivity index (χ4v) is 3.58. The Balaban J connectivity index is 0.00000264. The molecule has 7 heteroatoms. The van der Waals surface area contributed by atoms with E-state index in [9.17, 15) is 9.50 Å². The lowest BCUT2D eigenvalue weighted by atomic mass is 10.2. The molecule has 1 unspecified atom stereocenters. The first-order valence-corrected chi connectivity index (χ1v) is 8.81. The molecule has 4 nitrogen and oxygen atoms in total. The van der Waals surface area contributed by atoms with E-state index in [-0.39, 0.29) is 29.7 Å². The molecule has 0 spiro atoms. The van der Waals surface area contributed by atoms with Gasteiger partial charge in [-0.1, -0.05) is 13.0 Å². The minimum Gasteiger partial charge on any atom is -0.505 e. The third kappa shape index (κ3) is 6.02. The maximum atomic E-state index is 13.4. The van der Waals surface area contributed by atoms with E-state index in [1.807, 2.05) is 18.7 Å². The summed E-state index contributed by atoms with van der Waals surface area (Å²) in [5.41, 5.74) is 0.754. The predicted octanol–water partition coefficient (Wildman–Crippen LogP) is 3.44. The highest BCUT2D eigenvalue weighted by atomic mass is 127. The van der Waals surface area contributed by atoms with Crippen LogP contribution >= 0.6 is 35.7 Å². The third-order valence-corrected chi connectivity index (χ3v) is 5.02. The SMILES string of the molecule is CCNC(=NCc1ccc(O)c(F)c1)N1CCSC(CC)C1.I. The van der Waals surface area contributed by atoms with Gasteiger partial charge in [-0.2, -0.15) is 11.8 Å². The summed E-state index contributed by atoms with van der Waals surface area (Å²) in [6, 6.07) is 4.41. The highest BCUT2D eigenvalue weighted by molar-refractivity contribution is 14.0. The number of phenols is 1. The van der Waals surface area contributed by atoms with Crippen LogP contribution in [0.15, 0.2) is 23.2 Å². The largest absolute Gasteiger partial charge is 0.505 e. The second kappa shape index (κ2) is 10.2. The summed E-state index contributed by atoms with van der Waals surface area (Å²) in [4.78, 5) is 6.90. The van der Waals surface area contributed by atoms with Crippen LogP contribution in [0.25, 0.3) is 0 Å². The van der Waals surface area contributed by atoms with E-state index in [1.54, 1.807) is 6.07 Å². The minimum absolute atomic E-state index is 0. The van der Waals surface area contributed by atoms with Crippen molar-refractivity contribution in [1.29, 1.82) is 0 Å². The van der Waals surface area contributed by atoms with Gasteiger partial charge in [-0.25, -0.2) is 9.38 Å². The number of benzene rings is 1. The number of hydrogen-bond acceptors (Lipinski definition) is 3. The number of aliphatic imine (C=N–C) groups is 1. The maximum absolute atomic E-state index is 13.4. The summed E-state index contributed by atoms with van der Waals surface area (Å²) in [5, 5.41) is 13.2. The Morgan fingerprint density at radius 3 is 2.91 bits per heavy atom. The Morgan fingerprint density at radius 1 is 1.48 bits per heavy atom. The number of nitrogens with zero attached hydrogens (tertiary/aromatic N) is 2. The van der Waals surface area contributed by atoms with Crippen LogP contribution in [-0.4, -0.2) is 46.6 Å². The summed E-state index contributed by atoms with van der Waals surface area (Å²) >= 11 is 2.02. The number of phenolic OH excluding ortho intramolecular Hbond substituents is 1. The molecular weight excluding hydrogens is 428 g/mol. The first-order valence-electron chi connectivity index (χ1n) is 7.76. The zero-order valence-corrected chi connectivity index (χ0v) is 16.7. The number of rotatable bonds is 4. The van der Waals surface area contributed by atoms with Crippen LogP contribution in [0.3, 0.4) is 0 Å². The molecule has 130 valence electrons. The Bertz CT molecular complexity index is 530. The Labute approximate surface area is 159 Å². The Kier molecular flexibility index (Phi) is 9.04. The monoisotopic (exact) mass is 453 g/mol. The number of halogens is 2. The van der Waals surface area contributed by atoms with Gasteiger partial charge in [0.1, 0.15) is 0 Å². The second-order valence-corrected chi connectivity index (χ2v) is 6.71. The molecule has 0 radical (unpaired) electrons. The van der Waals surface area contributed by atoms with Crippen LogP contribution in [0.1, 0.15) is 25.8 Å². The summed E-state index contributed by atoms with van der Waals surface area (Å²) in [5.74, 6) is 1.07. The first kappa shape index (κ1) is 20.3. The van der Waals surface area contributed by atoms with Crippen molar-refractivity contribution < 1.29 is 9.50 Å². The van der Waals surface area contributed by atoms with Crippen LogP contribution in [0.5, 0.6) is 5.75 Å². The predicted molar refractivity (Wildman–Crippen MR) is 106 cm³/mol. The molecule has 1 saturated heterocycles. The molecule has 0 aliphatic carbocycles. The quantitative estimate of drug-likeness (QED) is 0.417. The van der Waals surface area contributed by atoms with Crippen molar-refractivity contribution in [2.75, 3.05) is 25.4 Å². The molecule has 0 bridgehead atoms. The van der Waals surface area contributed by atoms with Crippen molar-refractivity contribution in [3.05, 3.63) is 29.6 Å². The molecular formula is C16H25FIN3OS. The topological polar surface area (TPSA) is 47.9 Å².